The molecule has 0 unspecified atom stereocenters. The fourth-order valence-corrected chi connectivity index (χ4v) is 14.3. The summed E-state index contributed by atoms with van der Waals surface area (Å²) in [6, 6.07) is 6.56. The van der Waals surface area contributed by atoms with Crippen molar-refractivity contribution in [1.82, 2.24) is 4.90 Å². The summed E-state index contributed by atoms with van der Waals surface area (Å²) >= 11 is 0. The number of nitrogens with zero attached hydrogens (tertiary/aromatic N) is 1. The Balaban J connectivity index is 0.00000187. The second kappa shape index (κ2) is 80.8. The summed E-state index contributed by atoms with van der Waals surface area (Å²) in [4.78, 5) is 27.2. The topological polar surface area (TPSA) is 77.0 Å². The van der Waals surface area contributed by atoms with Gasteiger partial charge in [-0.1, -0.05) is 470 Å². The molecule has 0 radical (unpaired) electrons. The van der Waals surface area contributed by atoms with Crippen molar-refractivity contribution in [3.8, 4) is 0 Å². The number of carbonyl (C=O) groups is 2. The number of benzene rings is 1. The van der Waals surface area contributed by atoms with E-state index in [-0.39, 0.29) is 17.0 Å². The van der Waals surface area contributed by atoms with Crippen LogP contribution in [0.1, 0.15) is 511 Å². The van der Waals surface area contributed by atoms with Crippen LogP contribution >= 0.6 is 0 Å². The van der Waals surface area contributed by atoms with Gasteiger partial charge in [0.25, 0.3) is 5.91 Å². The van der Waals surface area contributed by atoms with E-state index in [2.05, 4.69) is 33.0 Å². The number of carboxylic acid groups (broad SMARTS) is 1. The Kier molecular flexibility index (Phi) is 79.2. The molecule has 1 aromatic carbocycles. The van der Waals surface area contributed by atoms with Crippen molar-refractivity contribution in [2.75, 3.05) is 26.2 Å². The molecule has 0 aliphatic heterocycles. The molecule has 550 valence electrons. The Morgan fingerprint density at radius 2 is 0.409 bits per heavy atom. The summed E-state index contributed by atoms with van der Waals surface area (Å²) in [6.45, 7) is 13.4. The van der Waals surface area contributed by atoms with Gasteiger partial charge in [0.15, 0.2) is 0 Å². The van der Waals surface area contributed by atoms with Crippen LogP contribution in [0.5, 0.6) is 0 Å². The van der Waals surface area contributed by atoms with E-state index in [1.54, 1.807) is 18.2 Å². The Labute approximate surface area is 585 Å². The first-order valence-corrected chi connectivity index (χ1v) is 43.4. The van der Waals surface area contributed by atoms with Gasteiger partial charge in [-0.05, 0) is 44.6 Å². The molecule has 0 aliphatic rings. The Hall–Kier alpha value is -1.88. The molecule has 0 spiro atoms. The summed E-state index contributed by atoms with van der Waals surface area (Å²) in [5.74, 6) is -1.43. The second-order valence-electron chi connectivity index (χ2n) is 30.0. The highest BCUT2D eigenvalue weighted by Crippen LogP contribution is 2.21. The zero-order valence-electron chi connectivity index (χ0n) is 64.3. The fourth-order valence-electron chi connectivity index (χ4n) is 14.3. The standard InChI is InChI=1S/C48H87NO3.C40H83N/c1-3-5-7-9-11-13-15-17-19-21-23-25-27-29-31-33-35-39-43-49(47(50)45-41-37-38-42-46(45)48(51)52)44-40-36-34-32-30-28-26-24-22-20-18-16-14-12-10-8-6-4-2;1-3-5-7-9-11-13-15-17-19-21-23-25-27-29-31-33-35-37-39-41-40-38-36-34-32-30-28-26-24-22-20-18-16-14-12-10-8-6-4-2/h37-38,41-42H,3-36,39-40,43-44H2,1-2H3,(H,51,52);41H,3-40H2,1-2H3. The van der Waals surface area contributed by atoms with Gasteiger partial charge >= 0.3 is 0 Å². The van der Waals surface area contributed by atoms with Gasteiger partial charge in [-0.2, -0.15) is 0 Å². The highest BCUT2D eigenvalue weighted by atomic mass is 16.4. The lowest BCUT2D eigenvalue weighted by molar-refractivity contribution is -0.655. The van der Waals surface area contributed by atoms with Crippen LogP contribution < -0.4 is 10.4 Å². The Bertz CT molecular complexity index is 1480. The van der Waals surface area contributed by atoms with E-state index in [9.17, 15) is 14.7 Å². The maximum absolute atomic E-state index is 13.5. The minimum absolute atomic E-state index is 0.00751. The molecular formula is C88H170N2O3. The van der Waals surface area contributed by atoms with Crippen LogP contribution in [0.3, 0.4) is 0 Å². The lowest BCUT2D eigenvalue weighted by Crippen LogP contribution is -2.84. The number of nitrogens with two attached hydrogens (primary N) is 1. The Morgan fingerprint density at radius 1 is 0.247 bits per heavy atom. The minimum Gasteiger partial charge on any atom is -0.545 e. The SMILES string of the molecule is CCCCCCCCCCCCCCCCCCCCN(CCCCCCCCCCCCCCCCCCCC)C(=O)c1ccccc1C(=O)[O-].CCCCCCCCCCCCCCCCCCCC[NH2+]CCCCCCCCCCCCCCCCCCCC. The molecule has 0 saturated carbocycles. The zero-order chi connectivity index (χ0) is 67.2. The van der Waals surface area contributed by atoms with E-state index in [1.165, 1.54) is 456 Å². The van der Waals surface area contributed by atoms with E-state index >= 15 is 0 Å². The van der Waals surface area contributed by atoms with Crippen molar-refractivity contribution in [3.63, 3.8) is 0 Å². The number of carboxylic acids is 1. The van der Waals surface area contributed by atoms with Crippen molar-refractivity contribution in [3.05, 3.63) is 35.4 Å². The normalized spacial score (nSPS) is 11.4. The van der Waals surface area contributed by atoms with Crippen LogP contribution in [0.4, 0.5) is 0 Å². The number of aromatic carboxylic acids is 1. The van der Waals surface area contributed by atoms with E-state index < -0.39 is 5.97 Å². The summed E-state index contributed by atoms with van der Waals surface area (Å²) in [5.41, 5.74) is 0.278. The van der Waals surface area contributed by atoms with E-state index in [1.807, 2.05) is 4.90 Å². The number of quaternary nitrogens is 1. The molecule has 0 heterocycles. The predicted molar refractivity (Wildman–Crippen MR) is 413 cm³/mol. The molecule has 93 heavy (non-hydrogen) atoms. The third kappa shape index (κ3) is 71.2. The lowest BCUT2D eigenvalue weighted by atomic mass is 10.0. The van der Waals surface area contributed by atoms with Crippen LogP contribution in [-0.4, -0.2) is 43.0 Å². The largest absolute Gasteiger partial charge is 0.545 e. The number of hydrogen-bond acceptors (Lipinski definition) is 3. The van der Waals surface area contributed by atoms with Gasteiger partial charge in [-0.25, -0.2) is 0 Å². The van der Waals surface area contributed by atoms with Crippen LogP contribution in [0.25, 0.3) is 0 Å². The van der Waals surface area contributed by atoms with Crippen molar-refractivity contribution < 1.29 is 20.0 Å². The first-order chi connectivity index (χ1) is 46.0. The van der Waals surface area contributed by atoms with E-state index in [0.717, 1.165) is 25.7 Å². The van der Waals surface area contributed by atoms with Gasteiger partial charge in [-0.3, -0.25) is 4.79 Å². The smallest absolute Gasteiger partial charge is 0.254 e. The lowest BCUT2D eigenvalue weighted by Gasteiger charge is -2.24. The molecule has 0 bridgehead atoms. The van der Waals surface area contributed by atoms with E-state index in [0.29, 0.717) is 13.1 Å². The maximum Gasteiger partial charge on any atom is 0.254 e. The second-order valence-corrected chi connectivity index (χ2v) is 30.0. The molecule has 5 heteroatoms. The van der Waals surface area contributed by atoms with Gasteiger partial charge in [0.05, 0.1) is 19.1 Å². The van der Waals surface area contributed by atoms with Crippen LogP contribution in [0.2, 0.25) is 0 Å². The monoisotopic (exact) mass is 1300 g/mol. The van der Waals surface area contributed by atoms with Crippen LogP contribution in [0, 0.1) is 0 Å². The molecule has 0 aromatic heterocycles. The van der Waals surface area contributed by atoms with Crippen LogP contribution in [0.15, 0.2) is 24.3 Å². The average Bonchev–Trinajstić information content (AvgIpc) is 1.07. The first-order valence-electron chi connectivity index (χ1n) is 43.4. The third-order valence-corrected chi connectivity index (χ3v) is 20.8. The number of hydrogen-bond donors (Lipinski definition) is 1. The van der Waals surface area contributed by atoms with Gasteiger partial charge in [-0.15, -0.1) is 0 Å². The molecule has 0 atom stereocenters. The molecule has 0 saturated heterocycles. The zero-order valence-corrected chi connectivity index (χ0v) is 64.3. The molecule has 1 aromatic rings. The van der Waals surface area contributed by atoms with Gasteiger partial charge in [0.1, 0.15) is 0 Å². The van der Waals surface area contributed by atoms with Gasteiger partial charge in [0, 0.05) is 24.2 Å². The van der Waals surface area contributed by atoms with E-state index in [4.69, 9.17) is 0 Å². The molecule has 0 fully saturated rings. The fraction of sp³-hybridized carbons (Fsp3) is 0.909. The molecule has 0 aliphatic carbocycles. The van der Waals surface area contributed by atoms with Gasteiger partial charge < -0.3 is 20.1 Å². The molecule has 5 nitrogen and oxygen atoms in total. The predicted octanol–water partition coefficient (Wildman–Crippen LogP) is 28.2. The quantitative estimate of drug-likeness (QED) is 0.0660. The summed E-state index contributed by atoms with van der Waals surface area (Å²) in [5, 5.41) is 14.3. The third-order valence-electron chi connectivity index (χ3n) is 20.8. The van der Waals surface area contributed by atoms with Crippen LogP contribution in [-0.2, 0) is 0 Å². The average molecular weight is 1300 g/mol. The highest BCUT2D eigenvalue weighted by molar-refractivity contribution is 6.04. The summed E-state index contributed by atoms with van der Waals surface area (Å²) in [7, 11) is 0. The summed E-state index contributed by atoms with van der Waals surface area (Å²) < 4.78 is 0. The number of rotatable bonds is 78. The van der Waals surface area contributed by atoms with Gasteiger partial charge in [0.2, 0.25) is 0 Å². The van der Waals surface area contributed by atoms with Crippen molar-refractivity contribution in [2.24, 2.45) is 0 Å². The highest BCUT2D eigenvalue weighted by Gasteiger charge is 2.19. The molecule has 1 amide bonds. The Morgan fingerprint density at radius 3 is 0.591 bits per heavy atom. The van der Waals surface area contributed by atoms with Crippen molar-refractivity contribution in [1.29, 1.82) is 0 Å². The van der Waals surface area contributed by atoms with Crippen molar-refractivity contribution in [2.45, 2.75) is 490 Å². The number of carbonyl (C=O) groups excluding carboxylic acids is 2. The molecular weight excluding hydrogens is 1130 g/mol. The minimum atomic E-state index is -1.27. The number of unbranched alkanes of at least 4 members (excludes halogenated alkanes) is 68. The number of amides is 1. The molecule has 2 N–H and O–H groups in total. The summed E-state index contributed by atoms with van der Waals surface area (Å²) in [6.07, 6.45) is 101. The maximum atomic E-state index is 13.5. The molecule has 1 rings (SSSR count). The first kappa shape index (κ1) is 91.1. The van der Waals surface area contributed by atoms with Crippen molar-refractivity contribution >= 4 is 11.9 Å².